The minimum Gasteiger partial charge on any atom is -0.449 e. The number of nitrogens with two attached hydrogens (primary N) is 1. The molecule has 1 amide bonds. The molecular formula is C20H18ClN3O3S. The molecule has 0 aliphatic rings. The summed E-state index contributed by atoms with van der Waals surface area (Å²) >= 11 is 7.45. The van der Waals surface area contributed by atoms with Crippen molar-refractivity contribution in [3.05, 3.63) is 64.5 Å². The van der Waals surface area contributed by atoms with E-state index in [9.17, 15) is 9.59 Å². The van der Waals surface area contributed by atoms with E-state index in [-0.39, 0.29) is 0 Å². The molecule has 28 heavy (non-hydrogen) atoms. The van der Waals surface area contributed by atoms with Gasteiger partial charge in [0.25, 0.3) is 5.91 Å². The molecule has 1 unspecified atom stereocenters. The van der Waals surface area contributed by atoms with Gasteiger partial charge in [-0.05, 0) is 36.8 Å². The monoisotopic (exact) mass is 415 g/mol. The number of thiazole rings is 1. The van der Waals surface area contributed by atoms with Crippen molar-refractivity contribution < 1.29 is 14.3 Å². The van der Waals surface area contributed by atoms with Gasteiger partial charge in [0, 0.05) is 21.7 Å². The van der Waals surface area contributed by atoms with Gasteiger partial charge in [-0.1, -0.05) is 36.7 Å². The molecule has 0 aliphatic heterocycles. The number of hydrogen-bond acceptors (Lipinski definition) is 6. The summed E-state index contributed by atoms with van der Waals surface area (Å²) in [5.41, 5.74) is 7.93. The Labute approximate surface area is 171 Å². The van der Waals surface area contributed by atoms with Crippen LogP contribution >= 0.6 is 22.9 Å². The zero-order valence-corrected chi connectivity index (χ0v) is 16.6. The number of nitrogens with one attached hydrogen (secondary N) is 1. The number of rotatable bonds is 6. The molecule has 2 aromatic carbocycles. The molecule has 6 nitrogen and oxygen atoms in total. The number of esters is 1. The third-order valence-corrected chi connectivity index (χ3v) is 5.03. The Bertz CT molecular complexity index is 988. The van der Waals surface area contributed by atoms with Gasteiger partial charge in [0.2, 0.25) is 0 Å². The normalized spacial score (nSPS) is 11.6. The van der Waals surface area contributed by atoms with E-state index >= 15 is 0 Å². The lowest BCUT2D eigenvalue weighted by Gasteiger charge is -2.15. The number of ether oxygens (including phenoxy) is 1. The molecule has 8 heteroatoms. The molecule has 144 valence electrons. The van der Waals surface area contributed by atoms with Crippen molar-refractivity contribution in [3.63, 3.8) is 0 Å². The predicted octanol–water partition coefficient (Wildman–Crippen LogP) is 4.62. The van der Waals surface area contributed by atoms with Crippen molar-refractivity contribution in [2.45, 2.75) is 19.4 Å². The van der Waals surface area contributed by atoms with Crippen LogP contribution in [0.15, 0.2) is 53.9 Å². The number of anilines is 2. The molecule has 0 saturated heterocycles. The van der Waals surface area contributed by atoms with Crippen molar-refractivity contribution in [1.29, 1.82) is 0 Å². The van der Waals surface area contributed by atoms with Gasteiger partial charge in [0.15, 0.2) is 11.2 Å². The van der Waals surface area contributed by atoms with Gasteiger partial charge in [-0.2, -0.15) is 0 Å². The van der Waals surface area contributed by atoms with Crippen molar-refractivity contribution in [1.82, 2.24) is 4.98 Å². The third kappa shape index (κ3) is 4.68. The maximum absolute atomic E-state index is 12.5. The molecule has 0 aliphatic carbocycles. The lowest BCUT2D eigenvalue weighted by atomic mass is 10.2. The first-order valence-corrected chi connectivity index (χ1v) is 9.81. The van der Waals surface area contributed by atoms with Gasteiger partial charge < -0.3 is 10.5 Å². The van der Waals surface area contributed by atoms with E-state index in [0.29, 0.717) is 33.5 Å². The van der Waals surface area contributed by atoms with Crippen LogP contribution in [0.25, 0.3) is 11.3 Å². The molecule has 0 saturated carbocycles. The van der Waals surface area contributed by atoms with Crippen LogP contribution < -0.4 is 11.1 Å². The second-order valence-corrected chi connectivity index (χ2v) is 7.20. The van der Waals surface area contributed by atoms with Crippen molar-refractivity contribution in [3.8, 4) is 11.3 Å². The molecular weight excluding hydrogens is 398 g/mol. The molecule has 0 radical (unpaired) electrons. The van der Waals surface area contributed by atoms with Gasteiger partial charge in [-0.3, -0.25) is 10.1 Å². The summed E-state index contributed by atoms with van der Waals surface area (Å²) in [7, 11) is 0. The number of carbonyl (C=O) groups excluding carboxylic acids is 2. The minimum atomic E-state index is -0.933. The number of hydrogen-bond donors (Lipinski definition) is 2. The summed E-state index contributed by atoms with van der Waals surface area (Å²) in [6.07, 6.45) is -0.604. The van der Waals surface area contributed by atoms with Crippen LogP contribution in [0.5, 0.6) is 0 Å². The van der Waals surface area contributed by atoms with Crippen molar-refractivity contribution in [2.24, 2.45) is 0 Å². The van der Waals surface area contributed by atoms with Crippen LogP contribution in [0.3, 0.4) is 0 Å². The maximum Gasteiger partial charge on any atom is 0.338 e. The SMILES string of the molecule is CCC(OC(=O)c1ccc(N)cc1)C(=O)Nc1nc(-c2ccccc2Cl)cs1. The van der Waals surface area contributed by atoms with Crippen LogP contribution in [0.1, 0.15) is 23.7 Å². The zero-order valence-electron chi connectivity index (χ0n) is 15.0. The van der Waals surface area contributed by atoms with Gasteiger partial charge in [0.05, 0.1) is 11.3 Å². The summed E-state index contributed by atoms with van der Waals surface area (Å²) in [4.78, 5) is 29.1. The Morgan fingerprint density at radius 1 is 1.21 bits per heavy atom. The van der Waals surface area contributed by atoms with Crippen molar-refractivity contribution in [2.75, 3.05) is 11.1 Å². The largest absolute Gasteiger partial charge is 0.449 e. The highest BCUT2D eigenvalue weighted by atomic mass is 35.5. The highest BCUT2D eigenvalue weighted by molar-refractivity contribution is 7.14. The number of benzene rings is 2. The Kier molecular flexibility index (Phi) is 6.28. The van der Waals surface area contributed by atoms with Gasteiger partial charge in [-0.15, -0.1) is 11.3 Å². The number of nitrogens with zero attached hydrogens (tertiary/aromatic N) is 1. The quantitative estimate of drug-likeness (QED) is 0.452. The Hall–Kier alpha value is -2.90. The summed E-state index contributed by atoms with van der Waals surface area (Å²) in [5.74, 6) is -1.02. The summed E-state index contributed by atoms with van der Waals surface area (Å²) in [6.45, 7) is 1.76. The van der Waals surface area contributed by atoms with Crippen LogP contribution in [0, 0.1) is 0 Å². The van der Waals surface area contributed by atoms with E-state index in [0.717, 1.165) is 5.56 Å². The smallest absolute Gasteiger partial charge is 0.338 e. The fourth-order valence-electron chi connectivity index (χ4n) is 2.45. The molecule has 0 spiro atoms. The maximum atomic E-state index is 12.5. The molecule has 3 aromatic rings. The first-order chi connectivity index (χ1) is 13.5. The predicted molar refractivity (Wildman–Crippen MR) is 112 cm³/mol. The molecule has 1 heterocycles. The van der Waals surface area contributed by atoms with Gasteiger partial charge >= 0.3 is 5.97 Å². The number of amides is 1. The minimum absolute atomic E-state index is 0.329. The van der Waals surface area contributed by atoms with Crippen LogP contribution in [-0.4, -0.2) is 23.0 Å². The van der Waals surface area contributed by atoms with E-state index in [1.807, 2.05) is 18.2 Å². The molecule has 0 fully saturated rings. The standard InChI is InChI=1S/C20H18ClN3O3S/c1-2-17(27-19(26)12-7-9-13(22)10-8-12)18(25)24-20-23-16(11-28-20)14-5-3-4-6-15(14)21/h3-11,17H,2,22H2,1H3,(H,23,24,25). The fourth-order valence-corrected chi connectivity index (χ4v) is 3.39. The average molecular weight is 416 g/mol. The van der Waals surface area contributed by atoms with Gasteiger partial charge in [-0.25, -0.2) is 9.78 Å². The highest BCUT2D eigenvalue weighted by Crippen LogP contribution is 2.30. The number of halogens is 1. The number of carbonyl (C=O) groups is 2. The first-order valence-electron chi connectivity index (χ1n) is 8.55. The van der Waals surface area contributed by atoms with E-state index in [2.05, 4.69) is 10.3 Å². The molecule has 0 bridgehead atoms. The van der Waals surface area contributed by atoms with Crippen LogP contribution in [0.4, 0.5) is 10.8 Å². The average Bonchev–Trinajstić information content (AvgIpc) is 3.14. The van der Waals surface area contributed by atoms with Crippen LogP contribution in [0.2, 0.25) is 5.02 Å². The summed E-state index contributed by atoms with van der Waals surface area (Å²) in [5, 5.41) is 5.48. The highest BCUT2D eigenvalue weighted by Gasteiger charge is 2.23. The Morgan fingerprint density at radius 2 is 1.93 bits per heavy atom. The van der Waals surface area contributed by atoms with E-state index in [4.69, 9.17) is 22.1 Å². The molecule has 3 rings (SSSR count). The Morgan fingerprint density at radius 3 is 2.61 bits per heavy atom. The zero-order chi connectivity index (χ0) is 20.1. The van der Waals surface area contributed by atoms with E-state index in [1.165, 1.54) is 11.3 Å². The fraction of sp³-hybridized carbons (Fsp3) is 0.150. The number of aromatic nitrogens is 1. The third-order valence-electron chi connectivity index (χ3n) is 3.94. The second-order valence-electron chi connectivity index (χ2n) is 5.93. The molecule has 3 N–H and O–H groups in total. The first kappa shape index (κ1) is 19.9. The number of nitrogen functional groups attached to an aromatic ring is 1. The van der Waals surface area contributed by atoms with Crippen molar-refractivity contribution >= 4 is 45.6 Å². The summed E-state index contributed by atoms with van der Waals surface area (Å²) in [6, 6.07) is 13.6. The second kappa shape index (κ2) is 8.86. The van der Waals surface area contributed by atoms with Crippen LogP contribution in [-0.2, 0) is 9.53 Å². The lowest BCUT2D eigenvalue weighted by molar-refractivity contribution is -0.124. The Balaban J connectivity index is 1.66. The topological polar surface area (TPSA) is 94.3 Å². The van der Waals surface area contributed by atoms with E-state index < -0.39 is 18.0 Å². The molecule has 1 atom stereocenters. The van der Waals surface area contributed by atoms with Gasteiger partial charge in [0.1, 0.15) is 0 Å². The van der Waals surface area contributed by atoms with E-state index in [1.54, 1.807) is 42.6 Å². The lowest BCUT2D eigenvalue weighted by Crippen LogP contribution is -2.32. The summed E-state index contributed by atoms with van der Waals surface area (Å²) < 4.78 is 5.33. The molecule has 1 aromatic heterocycles.